The van der Waals surface area contributed by atoms with Crippen molar-refractivity contribution in [2.45, 2.75) is 105 Å². The molecule has 24 aliphatic rings. The first-order valence-corrected chi connectivity index (χ1v) is 31.9. The minimum Gasteiger partial charge on any atom is -0.282 e. The Kier molecular flexibility index (Phi) is 7.71. The molecule has 0 unspecified atom stereocenters. The molecule has 0 radical (unpaired) electrons. The van der Waals surface area contributed by atoms with Gasteiger partial charge in [0.25, 0.3) is 0 Å². The van der Waals surface area contributed by atoms with Crippen LogP contribution in [0.15, 0.2) is 0 Å². The molecule has 0 N–H and O–H groups in total. The molecule has 24 aliphatic heterocycles. The van der Waals surface area contributed by atoms with Gasteiger partial charge in [0.2, 0.25) is 0 Å². The third-order valence-electron chi connectivity index (χ3n) is 25.7. The molecule has 0 atom stereocenters. The average Bonchev–Trinajstić information content (AvgIpc) is 1.51. The van der Waals surface area contributed by atoms with Crippen LogP contribution in [0.4, 0.5) is 76.7 Å². The maximum absolute atomic E-state index is 15.7. The van der Waals surface area contributed by atoms with Gasteiger partial charge in [-0.15, -0.1) is 0 Å². The molecule has 0 spiro atoms. The fourth-order valence-electron chi connectivity index (χ4n) is 21.8. The van der Waals surface area contributed by atoms with Crippen LogP contribution < -0.4 is 0 Å². The lowest BCUT2D eigenvalue weighted by molar-refractivity contribution is -0.0630. The molecular weight excluding hydrogens is 1290 g/mol. The summed E-state index contributed by atoms with van der Waals surface area (Å²) in [5, 5.41) is 0. The van der Waals surface area contributed by atoms with Gasteiger partial charge >= 0.3 is 96.5 Å². The van der Waals surface area contributed by atoms with E-state index in [1.54, 1.807) is 6.92 Å². The van der Waals surface area contributed by atoms with Crippen molar-refractivity contribution in [1.29, 1.82) is 0 Å². The zero-order valence-electron chi connectivity index (χ0n) is 50.3. The highest BCUT2D eigenvalue weighted by Gasteiger charge is 2.79. The number of hydrogen-bond acceptors (Lipinski definition) is 16. The van der Waals surface area contributed by atoms with E-state index in [9.17, 15) is 0 Å². The standard InChI is InChI=1S/C49H50N32O16/c1-49-32-78-14-74-29-28-70(43(74)92)10-66-25-24-62(39(66)88)6-58-21-20-54(35(58)84)2-50-18-19-52(33(50)82)4-56-22-23-60(37(56)86)8-64-26-27-68(41(64)90)12-72-30-31(76(45(72)94)16-80(49)47(78)96)77-17-81(49)48(97)79(32)15-75(29)44(93)71(28)11-67(25)40(89)63(24)7-59(21)36(85)55(20)3-51(18)34(83)53(19)5-57(22)38(87)61(23)9-65(26)42(91)69(27)13-73(30)46(77)95/h18-32H,2-17H2,1H3. The van der Waals surface area contributed by atoms with Crippen LogP contribution in [0.2, 0.25) is 0 Å². The summed E-state index contributed by atoms with van der Waals surface area (Å²) in [6.45, 7) is -7.41. The summed E-state index contributed by atoms with van der Waals surface area (Å²) >= 11 is 0. The van der Waals surface area contributed by atoms with Crippen molar-refractivity contribution in [3.63, 3.8) is 0 Å². The average molecular weight is 1340 g/mol. The van der Waals surface area contributed by atoms with E-state index < -0.39 is 301 Å². The van der Waals surface area contributed by atoms with Gasteiger partial charge in [-0.05, 0) is 6.92 Å². The second-order valence-electron chi connectivity index (χ2n) is 29.0. The highest BCUT2D eigenvalue weighted by Crippen LogP contribution is 2.55. The molecule has 24 saturated heterocycles. The van der Waals surface area contributed by atoms with Crippen molar-refractivity contribution in [2.24, 2.45) is 0 Å². The predicted octanol–water partition coefficient (Wildman–Crippen LogP) is -7.16. The van der Waals surface area contributed by atoms with E-state index in [1.807, 2.05) is 0 Å². The summed E-state index contributed by atoms with van der Waals surface area (Å²) in [6.07, 6.45) is -19.3. The molecule has 0 aromatic heterocycles. The van der Waals surface area contributed by atoms with E-state index in [0.29, 0.717) is 0 Å². The Labute approximate surface area is 540 Å². The summed E-state index contributed by atoms with van der Waals surface area (Å²) in [6, 6.07) is -11.9. The zero-order valence-corrected chi connectivity index (χ0v) is 50.3. The van der Waals surface area contributed by atoms with Gasteiger partial charge in [-0.1, -0.05) is 0 Å². The molecule has 502 valence electrons. The van der Waals surface area contributed by atoms with Crippen LogP contribution in [0.3, 0.4) is 0 Å². The van der Waals surface area contributed by atoms with Crippen LogP contribution in [-0.4, -0.2) is 458 Å². The molecular formula is C49H50N32O16. The Hall–Kier alpha value is -11.7. The van der Waals surface area contributed by atoms with Crippen molar-refractivity contribution < 1.29 is 76.7 Å². The van der Waals surface area contributed by atoms with Crippen LogP contribution in [0.1, 0.15) is 6.92 Å². The molecule has 24 fully saturated rings. The number of carbonyl (C=O) groups excluding carboxylic acids is 16. The molecule has 0 aromatic carbocycles. The fraction of sp³-hybridized carbons (Fsp3) is 0.673. The van der Waals surface area contributed by atoms with Gasteiger partial charge in [-0.25, -0.2) is 76.7 Å². The maximum Gasteiger partial charge on any atom is 0.326 e. The molecule has 0 bridgehead atoms. The van der Waals surface area contributed by atoms with E-state index in [4.69, 9.17) is 0 Å². The van der Waals surface area contributed by atoms with Gasteiger partial charge in [-0.3, -0.25) is 157 Å². The number of hydrogen-bond donors (Lipinski definition) is 0. The largest absolute Gasteiger partial charge is 0.326 e. The first-order valence-electron chi connectivity index (χ1n) is 31.9. The van der Waals surface area contributed by atoms with Crippen molar-refractivity contribution >= 4 is 96.5 Å². The maximum atomic E-state index is 15.7. The summed E-state index contributed by atoms with van der Waals surface area (Å²) in [5.74, 6) is 0. The molecule has 32 amide bonds. The predicted molar refractivity (Wildman–Crippen MR) is 288 cm³/mol. The van der Waals surface area contributed by atoms with Crippen molar-refractivity contribution in [3.05, 3.63) is 0 Å². The zero-order chi connectivity index (χ0) is 65.2. The molecule has 48 nitrogen and oxygen atoms in total. The van der Waals surface area contributed by atoms with E-state index in [-0.39, 0.29) is 0 Å². The van der Waals surface area contributed by atoms with Crippen molar-refractivity contribution in [2.75, 3.05) is 107 Å². The van der Waals surface area contributed by atoms with E-state index in [0.717, 1.165) is 0 Å². The molecule has 0 aromatic rings. The number of amides is 32. The molecule has 0 saturated carbocycles. The molecule has 24 rings (SSSR count). The van der Waals surface area contributed by atoms with Crippen molar-refractivity contribution in [1.82, 2.24) is 157 Å². The number of rotatable bonds is 0. The third-order valence-corrected chi connectivity index (χ3v) is 25.7. The second-order valence-corrected chi connectivity index (χ2v) is 29.0. The molecule has 0 aliphatic carbocycles. The highest BCUT2D eigenvalue weighted by molar-refractivity contribution is 5.97. The van der Waals surface area contributed by atoms with E-state index >= 15 is 76.7 Å². The van der Waals surface area contributed by atoms with Gasteiger partial charge in [-0.2, -0.15) is 0 Å². The Balaban J connectivity index is 0.664. The Morgan fingerprint density at radius 2 is 0.268 bits per heavy atom. The summed E-state index contributed by atoms with van der Waals surface area (Å²) in [4.78, 5) is 290. The van der Waals surface area contributed by atoms with Gasteiger partial charge in [0, 0.05) is 0 Å². The van der Waals surface area contributed by atoms with E-state index in [1.165, 1.54) is 157 Å². The van der Waals surface area contributed by atoms with Crippen LogP contribution in [0, 0.1) is 0 Å². The van der Waals surface area contributed by atoms with Crippen LogP contribution in [-0.2, 0) is 0 Å². The summed E-state index contributed by atoms with van der Waals surface area (Å²) < 4.78 is 0. The van der Waals surface area contributed by atoms with Crippen LogP contribution in [0.5, 0.6) is 0 Å². The molecule has 97 heavy (non-hydrogen) atoms. The lowest BCUT2D eigenvalue weighted by Crippen LogP contribution is -2.67. The molecule has 24 heterocycles. The number of nitrogens with zero attached hydrogens (tertiary/aromatic N) is 32. The smallest absolute Gasteiger partial charge is 0.282 e. The first kappa shape index (κ1) is 50.8. The van der Waals surface area contributed by atoms with Gasteiger partial charge in [0.1, 0.15) is 107 Å². The van der Waals surface area contributed by atoms with Crippen molar-refractivity contribution in [3.8, 4) is 0 Å². The second kappa shape index (κ2) is 14.7. The van der Waals surface area contributed by atoms with Gasteiger partial charge in [0.05, 0.1) is 0 Å². The monoisotopic (exact) mass is 1340 g/mol. The Morgan fingerprint density at radius 1 is 0.165 bits per heavy atom. The molecule has 48 heteroatoms. The normalized spacial score (nSPS) is 40.8. The minimum absolute atomic E-state index is 0.556. The number of carbonyl (C=O) groups is 16. The van der Waals surface area contributed by atoms with Gasteiger partial charge in [0.15, 0.2) is 98.1 Å². The van der Waals surface area contributed by atoms with E-state index in [2.05, 4.69) is 0 Å². The summed E-state index contributed by atoms with van der Waals surface area (Å²) in [5.41, 5.74) is -1.78. The Bertz CT molecular complexity index is 3990. The Morgan fingerprint density at radius 3 is 0.392 bits per heavy atom. The van der Waals surface area contributed by atoms with Crippen LogP contribution >= 0.6 is 0 Å². The lowest BCUT2D eigenvalue weighted by atomic mass is 10.1. The topological polar surface area (TPSA) is 377 Å². The SMILES string of the molecule is CC12C3N4CN5C(=O)N6CN7C(=O)N8CN9C(=O)N%10CN%11C(=O)N%12CN%13C(=O)N%14CN%15C(=O)N%16CN%17C(=O)N(CN1C4=O)C1C%17N4CN%17C(=O)N(CN%18C(=O)N(CN%19C(=O)N(CN%20C(=O)N(CN%21C(=O)N(CN%22C(=O)N(CN3C(=O)N2CN1C4=O)C5C6%22)C7C8%21)C9C%10%20)C%11C%12%19)C%13C%14%18)C%15C%16%17. The number of urea groups is 16. The first-order chi connectivity index (χ1) is 46.7. The summed E-state index contributed by atoms with van der Waals surface area (Å²) in [7, 11) is 0. The van der Waals surface area contributed by atoms with Gasteiger partial charge < -0.3 is 0 Å². The quantitative estimate of drug-likeness (QED) is 0.217. The third kappa shape index (κ3) is 4.76. The highest BCUT2D eigenvalue weighted by atomic mass is 16.3. The minimum atomic E-state index is -1.78. The van der Waals surface area contributed by atoms with Crippen LogP contribution in [0.25, 0.3) is 0 Å². The fourth-order valence-corrected chi connectivity index (χ4v) is 21.8. The lowest BCUT2D eigenvalue weighted by Gasteiger charge is -2.46.